The number of nitrogens with zero attached hydrogens (tertiary/aromatic N) is 2. The molecule has 0 saturated heterocycles. The van der Waals surface area contributed by atoms with Crippen molar-refractivity contribution in [2.45, 2.75) is 24.8 Å². The molecule has 0 aliphatic carbocycles. The van der Waals surface area contributed by atoms with Crippen molar-refractivity contribution >= 4 is 21.4 Å². The summed E-state index contributed by atoms with van der Waals surface area (Å²) in [5, 5.41) is 11.7. The fourth-order valence-electron chi connectivity index (χ4n) is 1.93. The Morgan fingerprint density at radius 3 is 2.48 bits per heavy atom. The lowest BCUT2D eigenvalue weighted by Gasteiger charge is -2.16. The van der Waals surface area contributed by atoms with Crippen LogP contribution in [-0.4, -0.2) is 36.5 Å². The molecule has 1 heterocycles. The van der Waals surface area contributed by atoms with Gasteiger partial charge in [-0.25, -0.2) is 13.4 Å². The van der Waals surface area contributed by atoms with Crippen molar-refractivity contribution in [3.8, 4) is 0 Å². The molecule has 0 saturated carbocycles. The van der Waals surface area contributed by atoms with Crippen LogP contribution in [0.15, 0.2) is 34.5 Å². The maximum absolute atomic E-state index is 12.5. The molecule has 0 bridgehead atoms. The monoisotopic (exact) mass is 326 g/mol. The molecule has 0 radical (unpaired) electrons. The molecule has 0 atom stereocenters. The topological polar surface area (TPSA) is 70.5 Å². The molecule has 1 aromatic carbocycles. The number of benzene rings is 1. The highest BCUT2D eigenvalue weighted by Gasteiger charge is 2.21. The van der Waals surface area contributed by atoms with E-state index in [0.29, 0.717) is 6.42 Å². The first-order valence-electron chi connectivity index (χ1n) is 6.50. The quantitative estimate of drug-likeness (QED) is 0.879. The third-order valence-electron chi connectivity index (χ3n) is 3.08. The molecule has 21 heavy (non-hydrogen) atoms. The minimum atomic E-state index is -3.52. The standard InChI is InChI=1S/C14H18N2O3S2/c1-11-15-13(10-20-11)9-16(2)21(18,19)14-5-3-12(4-6-14)7-8-17/h3-6,10,17H,7-9H2,1-2H3. The van der Waals surface area contributed by atoms with Gasteiger partial charge in [-0.1, -0.05) is 12.1 Å². The molecule has 0 aliphatic heterocycles. The van der Waals surface area contributed by atoms with Gasteiger partial charge in [-0.2, -0.15) is 4.31 Å². The normalized spacial score (nSPS) is 12.0. The molecule has 1 N–H and O–H groups in total. The summed E-state index contributed by atoms with van der Waals surface area (Å²) in [6.45, 7) is 2.20. The summed E-state index contributed by atoms with van der Waals surface area (Å²) in [5.41, 5.74) is 1.66. The van der Waals surface area contributed by atoms with Crippen molar-refractivity contribution in [2.75, 3.05) is 13.7 Å². The minimum Gasteiger partial charge on any atom is -0.396 e. The number of rotatable bonds is 6. The summed E-state index contributed by atoms with van der Waals surface area (Å²) in [6, 6.07) is 6.60. The number of hydrogen-bond donors (Lipinski definition) is 1. The first-order valence-corrected chi connectivity index (χ1v) is 8.82. The Morgan fingerprint density at radius 1 is 1.29 bits per heavy atom. The number of aliphatic hydroxyl groups is 1. The first-order chi connectivity index (χ1) is 9.93. The highest BCUT2D eigenvalue weighted by molar-refractivity contribution is 7.89. The molecule has 1 aromatic heterocycles. The summed E-state index contributed by atoms with van der Waals surface area (Å²) >= 11 is 1.50. The van der Waals surface area contributed by atoms with Gasteiger partial charge >= 0.3 is 0 Å². The van der Waals surface area contributed by atoms with Crippen LogP contribution >= 0.6 is 11.3 Å². The number of aliphatic hydroxyl groups excluding tert-OH is 1. The van der Waals surface area contributed by atoms with E-state index >= 15 is 0 Å². The van der Waals surface area contributed by atoms with E-state index in [2.05, 4.69) is 4.98 Å². The molecule has 0 spiro atoms. The first kappa shape index (κ1) is 16.1. The smallest absolute Gasteiger partial charge is 0.243 e. The van der Waals surface area contributed by atoms with E-state index in [-0.39, 0.29) is 18.0 Å². The molecular weight excluding hydrogens is 308 g/mol. The van der Waals surface area contributed by atoms with E-state index in [0.717, 1.165) is 16.3 Å². The highest BCUT2D eigenvalue weighted by Crippen LogP contribution is 2.18. The predicted octanol–water partition coefficient (Wildman–Crippen LogP) is 1.81. The maximum Gasteiger partial charge on any atom is 0.243 e. The summed E-state index contributed by atoms with van der Waals surface area (Å²) < 4.78 is 26.2. The van der Waals surface area contributed by atoms with Gasteiger partial charge in [-0.05, 0) is 31.0 Å². The second-order valence-corrected chi connectivity index (χ2v) is 7.84. The number of hydrogen-bond acceptors (Lipinski definition) is 5. The van der Waals surface area contributed by atoms with Crippen LogP contribution in [0.3, 0.4) is 0 Å². The third-order valence-corrected chi connectivity index (χ3v) is 5.72. The van der Waals surface area contributed by atoms with Crippen LogP contribution in [-0.2, 0) is 23.0 Å². The van der Waals surface area contributed by atoms with Gasteiger partial charge in [0, 0.05) is 19.0 Å². The highest BCUT2D eigenvalue weighted by atomic mass is 32.2. The van der Waals surface area contributed by atoms with Gasteiger partial charge in [-0.15, -0.1) is 11.3 Å². The van der Waals surface area contributed by atoms with E-state index in [9.17, 15) is 8.42 Å². The average Bonchev–Trinajstić information content (AvgIpc) is 2.85. The number of sulfonamides is 1. The van der Waals surface area contributed by atoms with Crippen LogP contribution in [0.25, 0.3) is 0 Å². The molecule has 0 unspecified atom stereocenters. The van der Waals surface area contributed by atoms with Gasteiger partial charge in [0.25, 0.3) is 0 Å². The van der Waals surface area contributed by atoms with Gasteiger partial charge < -0.3 is 5.11 Å². The molecule has 2 aromatic rings. The fraction of sp³-hybridized carbons (Fsp3) is 0.357. The summed E-state index contributed by atoms with van der Waals surface area (Å²) in [7, 11) is -1.98. The molecule has 114 valence electrons. The number of aromatic nitrogens is 1. The number of aryl methyl sites for hydroxylation is 1. The van der Waals surface area contributed by atoms with Crippen molar-refractivity contribution < 1.29 is 13.5 Å². The van der Waals surface area contributed by atoms with Crippen molar-refractivity contribution in [3.05, 3.63) is 45.9 Å². The summed E-state index contributed by atoms with van der Waals surface area (Å²) in [4.78, 5) is 4.53. The molecule has 5 nitrogen and oxygen atoms in total. The molecule has 7 heteroatoms. The van der Waals surface area contributed by atoms with Gasteiger partial charge in [0.15, 0.2) is 0 Å². The van der Waals surface area contributed by atoms with E-state index in [1.807, 2.05) is 12.3 Å². The summed E-state index contributed by atoms with van der Waals surface area (Å²) in [6.07, 6.45) is 0.522. The second kappa shape index (κ2) is 6.65. The average molecular weight is 326 g/mol. The Morgan fingerprint density at radius 2 is 1.95 bits per heavy atom. The Labute approximate surface area is 128 Å². The third kappa shape index (κ3) is 3.88. The van der Waals surface area contributed by atoms with Crippen LogP contribution < -0.4 is 0 Å². The zero-order valence-electron chi connectivity index (χ0n) is 12.0. The Balaban J connectivity index is 2.16. The molecule has 0 amide bonds. The molecular formula is C14H18N2O3S2. The summed E-state index contributed by atoms with van der Waals surface area (Å²) in [5.74, 6) is 0. The van der Waals surface area contributed by atoms with E-state index < -0.39 is 10.0 Å². The van der Waals surface area contributed by atoms with Crippen LogP contribution in [0.1, 0.15) is 16.3 Å². The van der Waals surface area contributed by atoms with Crippen molar-refractivity contribution in [3.63, 3.8) is 0 Å². The molecule has 2 rings (SSSR count). The van der Waals surface area contributed by atoms with E-state index in [1.54, 1.807) is 31.3 Å². The Hall–Kier alpha value is -1.28. The van der Waals surface area contributed by atoms with Crippen LogP contribution in [0, 0.1) is 6.92 Å². The second-order valence-electron chi connectivity index (χ2n) is 4.74. The van der Waals surface area contributed by atoms with Crippen LogP contribution in [0.4, 0.5) is 0 Å². The van der Waals surface area contributed by atoms with Gasteiger partial charge in [0.2, 0.25) is 10.0 Å². The predicted molar refractivity (Wildman–Crippen MR) is 82.7 cm³/mol. The minimum absolute atomic E-state index is 0.0508. The van der Waals surface area contributed by atoms with E-state index in [4.69, 9.17) is 5.11 Å². The Kier molecular flexibility index (Phi) is 5.10. The molecule has 0 aliphatic rings. The van der Waals surface area contributed by atoms with Gasteiger partial charge in [0.1, 0.15) is 0 Å². The van der Waals surface area contributed by atoms with Crippen molar-refractivity contribution in [1.82, 2.24) is 9.29 Å². The maximum atomic E-state index is 12.5. The van der Waals surface area contributed by atoms with Gasteiger partial charge in [-0.3, -0.25) is 0 Å². The fourth-order valence-corrected chi connectivity index (χ4v) is 3.68. The van der Waals surface area contributed by atoms with Crippen molar-refractivity contribution in [1.29, 1.82) is 0 Å². The number of thiazole rings is 1. The zero-order chi connectivity index (χ0) is 15.5. The largest absolute Gasteiger partial charge is 0.396 e. The lowest BCUT2D eigenvalue weighted by atomic mass is 10.2. The lowest BCUT2D eigenvalue weighted by molar-refractivity contribution is 0.299. The molecule has 0 fully saturated rings. The lowest BCUT2D eigenvalue weighted by Crippen LogP contribution is -2.26. The zero-order valence-corrected chi connectivity index (χ0v) is 13.6. The van der Waals surface area contributed by atoms with Gasteiger partial charge in [0.05, 0.1) is 22.1 Å². The van der Waals surface area contributed by atoms with Crippen LogP contribution in [0.2, 0.25) is 0 Å². The van der Waals surface area contributed by atoms with Crippen LogP contribution in [0.5, 0.6) is 0 Å². The van der Waals surface area contributed by atoms with E-state index in [1.165, 1.54) is 15.6 Å². The SMILES string of the molecule is Cc1nc(CN(C)S(=O)(=O)c2ccc(CCO)cc2)cs1. The Bertz CT molecular complexity index is 693. The van der Waals surface area contributed by atoms with Crippen molar-refractivity contribution in [2.24, 2.45) is 0 Å².